The third-order valence-electron chi connectivity index (χ3n) is 2.05. The molecule has 0 heterocycles. The Hall–Kier alpha value is -1.38. The molecule has 1 N–H and O–H groups in total. The van der Waals surface area contributed by atoms with Gasteiger partial charge in [0.15, 0.2) is 0 Å². The fourth-order valence-corrected chi connectivity index (χ4v) is 1.60. The van der Waals surface area contributed by atoms with E-state index in [1.807, 2.05) is 42.5 Å². The molecule has 2 aromatic carbocycles. The maximum Gasteiger partial charge on any atom is 0.0760 e. The summed E-state index contributed by atoms with van der Waals surface area (Å²) in [5.74, 6) is 0. The molecule has 0 amide bonds. The summed E-state index contributed by atoms with van der Waals surface area (Å²) >= 11 is 11.9. The number of nitrogens with zero attached hydrogens (tertiary/aromatic N) is 1. The standard InChI is InChI=1S/C12H10Cl2N2/c13-10-6-8-11(9-7-10)15-16(14)12-4-2-1-3-5-12/h1-9,15H. The maximum absolute atomic E-state index is 6.07. The molecule has 0 fully saturated rings. The zero-order valence-electron chi connectivity index (χ0n) is 8.40. The lowest BCUT2D eigenvalue weighted by Gasteiger charge is -2.17. The van der Waals surface area contributed by atoms with Crippen molar-refractivity contribution in [1.82, 2.24) is 0 Å². The summed E-state index contributed by atoms with van der Waals surface area (Å²) in [6, 6.07) is 16.9. The highest BCUT2D eigenvalue weighted by Crippen LogP contribution is 2.19. The van der Waals surface area contributed by atoms with Crippen LogP contribution in [0.25, 0.3) is 0 Å². The highest BCUT2D eigenvalue weighted by molar-refractivity contribution is 6.30. The minimum Gasteiger partial charge on any atom is -0.284 e. The smallest absolute Gasteiger partial charge is 0.0760 e. The first-order chi connectivity index (χ1) is 7.75. The SMILES string of the molecule is Clc1ccc(NN(Cl)c2ccccc2)cc1. The van der Waals surface area contributed by atoms with E-state index in [1.54, 1.807) is 12.1 Å². The van der Waals surface area contributed by atoms with E-state index in [1.165, 1.54) is 4.53 Å². The van der Waals surface area contributed by atoms with Crippen molar-refractivity contribution in [1.29, 1.82) is 0 Å². The first kappa shape index (κ1) is 11.1. The van der Waals surface area contributed by atoms with E-state index in [0.717, 1.165) is 11.4 Å². The molecule has 0 radical (unpaired) electrons. The largest absolute Gasteiger partial charge is 0.284 e. The molecular formula is C12H10Cl2N2. The fraction of sp³-hybridized carbons (Fsp3) is 0. The monoisotopic (exact) mass is 252 g/mol. The van der Waals surface area contributed by atoms with Crippen molar-refractivity contribution in [3.05, 3.63) is 59.6 Å². The van der Waals surface area contributed by atoms with Gasteiger partial charge in [0.1, 0.15) is 0 Å². The van der Waals surface area contributed by atoms with Crippen LogP contribution >= 0.6 is 23.4 Å². The summed E-state index contributed by atoms with van der Waals surface area (Å²) in [5.41, 5.74) is 4.78. The van der Waals surface area contributed by atoms with Gasteiger partial charge in [-0.3, -0.25) is 5.43 Å². The fourth-order valence-electron chi connectivity index (χ4n) is 1.26. The Bertz CT molecular complexity index is 442. The van der Waals surface area contributed by atoms with Gasteiger partial charge in [-0.1, -0.05) is 29.8 Å². The second-order valence-corrected chi connectivity index (χ2v) is 4.01. The Kier molecular flexibility index (Phi) is 3.54. The Labute approximate surface area is 104 Å². The Morgan fingerprint density at radius 3 is 2.12 bits per heavy atom. The van der Waals surface area contributed by atoms with Crippen LogP contribution in [0.2, 0.25) is 5.02 Å². The van der Waals surface area contributed by atoms with Crippen LogP contribution in [-0.4, -0.2) is 0 Å². The highest BCUT2D eigenvalue weighted by Gasteiger charge is 2.01. The normalized spacial score (nSPS) is 9.88. The van der Waals surface area contributed by atoms with Crippen LogP contribution in [0, 0.1) is 0 Å². The van der Waals surface area contributed by atoms with Crippen LogP contribution < -0.4 is 9.95 Å². The molecule has 0 aliphatic carbocycles. The number of hydrazine groups is 1. The lowest BCUT2D eigenvalue weighted by Crippen LogP contribution is -2.18. The summed E-state index contributed by atoms with van der Waals surface area (Å²) in [7, 11) is 0. The molecule has 16 heavy (non-hydrogen) atoms. The van der Waals surface area contributed by atoms with Crippen molar-refractivity contribution in [2.24, 2.45) is 0 Å². The van der Waals surface area contributed by atoms with Crippen molar-refractivity contribution < 1.29 is 0 Å². The topological polar surface area (TPSA) is 15.3 Å². The molecule has 0 aliphatic rings. The number of rotatable bonds is 3. The second-order valence-electron chi connectivity index (χ2n) is 3.24. The first-order valence-electron chi connectivity index (χ1n) is 4.79. The second kappa shape index (κ2) is 5.10. The number of anilines is 2. The molecule has 0 atom stereocenters. The number of para-hydroxylation sites is 1. The van der Waals surface area contributed by atoms with E-state index in [0.29, 0.717) is 5.02 Å². The molecule has 0 saturated heterocycles. The summed E-state index contributed by atoms with van der Waals surface area (Å²) < 4.78 is 1.43. The Balaban J connectivity index is 2.08. The van der Waals surface area contributed by atoms with Crippen LogP contribution in [0.15, 0.2) is 54.6 Å². The van der Waals surface area contributed by atoms with Crippen LogP contribution in [0.5, 0.6) is 0 Å². The van der Waals surface area contributed by atoms with Gasteiger partial charge in [-0.05, 0) is 36.4 Å². The molecule has 0 aromatic heterocycles. The lowest BCUT2D eigenvalue weighted by atomic mass is 10.3. The molecule has 0 unspecified atom stereocenters. The van der Waals surface area contributed by atoms with E-state index in [-0.39, 0.29) is 0 Å². The molecule has 82 valence electrons. The maximum atomic E-state index is 6.07. The number of halogens is 2. The van der Waals surface area contributed by atoms with Gasteiger partial charge < -0.3 is 0 Å². The van der Waals surface area contributed by atoms with Crippen LogP contribution in [0.1, 0.15) is 0 Å². The number of hydrogen-bond acceptors (Lipinski definition) is 2. The number of hydrogen-bond donors (Lipinski definition) is 1. The van der Waals surface area contributed by atoms with Crippen molar-refractivity contribution in [3.63, 3.8) is 0 Å². The summed E-state index contributed by atoms with van der Waals surface area (Å²) in [6.45, 7) is 0. The van der Waals surface area contributed by atoms with Gasteiger partial charge in [-0.2, -0.15) is 4.53 Å². The van der Waals surface area contributed by atoms with Crippen LogP contribution in [-0.2, 0) is 0 Å². The average molecular weight is 253 g/mol. The van der Waals surface area contributed by atoms with E-state index in [9.17, 15) is 0 Å². The molecule has 2 aromatic rings. The molecule has 0 spiro atoms. The van der Waals surface area contributed by atoms with E-state index in [2.05, 4.69) is 5.43 Å². The van der Waals surface area contributed by atoms with Gasteiger partial charge in [0.2, 0.25) is 0 Å². The summed E-state index contributed by atoms with van der Waals surface area (Å²) in [6.07, 6.45) is 0. The zero-order valence-corrected chi connectivity index (χ0v) is 9.91. The van der Waals surface area contributed by atoms with Crippen molar-refractivity contribution in [2.75, 3.05) is 9.95 Å². The molecule has 4 heteroatoms. The summed E-state index contributed by atoms with van der Waals surface area (Å²) in [4.78, 5) is 0. The third kappa shape index (κ3) is 2.81. The predicted octanol–water partition coefficient (Wildman–Crippen LogP) is 4.33. The average Bonchev–Trinajstić information content (AvgIpc) is 2.33. The van der Waals surface area contributed by atoms with E-state index < -0.39 is 0 Å². The quantitative estimate of drug-likeness (QED) is 0.647. The predicted molar refractivity (Wildman–Crippen MR) is 69.8 cm³/mol. The molecular weight excluding hydrogens is 243 g/mol. The number of nitrogens with one attached hydrogen (secondary N) is 1. The van der Waals surface area contributed by atoms with Gasteiger partial charge in [-0.15, -0.1) is 0 Å². The highest BCUT2D eigenvalue weighted by atomic mass is 35.5. The zero-order chi connectivity index (χ0) is 11.4. The van der Waals surface area contributed by atoms with Gasteiger partial charge in [0.05, 0.1) is 11.4 Å². The van der Waals surface area contributed by atoms with Gasteiger partial charge >= 0.3 is 0 Å². The molecule has 0 saturated carbocycles. The van der Waals surface area contributed by atoms with Crippen molar-refractivity contribution >= 4 is 34.8 Å². The van der Waals surface area contributed by atoms with Crippen LogP contribution in [0.3, 0.4) is 0 Å². The lowest BCUT2D eigenvalue weighted by molar-refractivity contribution is 1.27. The van der Waals surface area contributed by atoms with Gasteiger partial charge in [0, 0.05) is 16.8 Å². The van der Waals surface area contributed by atoms with Crippen LogP contribution in [0.4, 0.5) is 11.4 Å². The third-order valence-corrected chi connectivity index (χ3v) is 2.59. The molecule has 0 aliphatic heterocycles. The molecule has 0 bridgehead atoms. The minimum atomic E-state index is 0.700. The van der Waals surface area contributed by atoms with Gasteiger partial charge in [-0.25, -0.2) is 0 Å². The minimum absolute atomic E-state index is 0.700. The molecule has 2 rings (SSSR count). The Morgan fingerprint density at radius 2 is 1.50 bits per heavy atom. The Morgan fingerprint density at radius 1 is 0.875 bits per heavy atom. The van der Waals surface area contributed by atoms with E-state index in [4.69, 9.17) is 23.4 Å². The van der Waals surface area contributed by atoms with Crippen molar-refractivity contribution in [2.45, 2.75) is 0 Å². The van der Waals surface area contributed by atoms with Crippen molar-refractivity contribution in [3.8, 4) is 0 Å². The summed E-state index contributed by atoms with van der Waals surface area (Å²) in [5, 5.41) is 0.700. The first-order valence-corrected chi connectivity index (χ1v) is 5.50. The molecule has 2 nitrogen and oxygen atoms in total. The van der Waals surface area contributed by atoms with E-state index >= 15 is 0 Å². The number of benzene rings is 2. The van der Waals surface area contributed by atoms with Gasteiger partial charge in [0.25, 0.3) is 0 Å².